The van der Waals surface area contributed by atoms with Crippen LogP contribution in [-0.2, 0) is 13.9 Å². The highest BCUT2D eigenvalue weighted by molar-refractivity contribution is 6.74. The molecule has 1 saturated heterocycles. The van der Waals surface area contributed by atoms with Crippen molar-refractivity contribution in [1.82, 2.24) is 4.90 Å². The monoisotopic (exact) mass is 505 g/mol. The summed E-state index contributed by atoms with van der Waals surface area (Å²) in [6, 6.07) is 0. The van der Waals surface area contributed by atoms with Crippen LogP contribution >= 0.6 is 0 Å². The standard InChI is InChI=1S/C29H51NO4Si/c1-10-32-25-20-22(21-33-35(8,9)28(5,6)7)19-24-15-14-23-13-11-17-30(18-12-16-29(23,24)25)26(31)34-27(2,3)4/h14,20,24-25H,10-13,15-19,21H2,1-9H3/t24-,25+,29-/m1/s1. The summed E-state index contributed by atoms with van der Waals surface area (Å²) in [5, 5.41) is 0.211. The molecule has 3 rings (SSSR count). The molecule has 5 nitrogen and oxygen atoms in total. The van der Waals surface area contributed by atoms with Crippen molar-refractivity contribution in [3.8, 4) is 0 Å². The maximum absolute atomic E-state index is 12.8. The molecule has 1 fully saturated rings. The van der Waals surface area contributed by atoms with Gasteiger partial charge in [-0.1, -0.05) is 38.5 Å². The van der Waals surface area contributed by atoms with Gasteiger partial charge in [0.05, 0.1) is 12.7 Å². The number of rotatable bonds is 5. The summed E-state index contributed by atoms with van der Waals surface area (Å²) >= 11 is 0. The topological polar surface area (TPSA) is 48.0 Å². The third kappa shape index (κ3) is 6.42. The zero-order chi connectivity index (χ0) is 26.1. The first-order valence-corrected chi connectivity index (χ1v) is 16.7. The molecule has 0 saturated carbocycles. The van der Waals surface area contributed by atoms with Gasteiger partial charge in [0.15, 0.2) is 8.32 Å². The Labute approximate surface area is 215 Å². The summed E-state index contributed by atoms with van der Waals surface area (Å²) in [5.41, 5.74) is 2.57. The fourth-order valence-corrected chi connectivity index (χ4v) is 6.81. The van der Waals surface area contributed by atoms with Gasteiger partial charge in [0.25, 0.3) is 0 Å². The van der Waals surface area contributed by atoms with Crippen molar-refractivity contribution in [1.29, 1.82) is 0 Å². The van der Waals surface area contributed by atoms with Crippen LogP contribution in [0.5, 0.6) is 0 Å². The molecule has 0 aromatic carbocycles. The van der Waals surface area contributed by atoms with E-state index in [1.165, 1.54) is 5.57 Å². The summed E-state index contributed by atoms with van der Waals surface area (Å²) in [5.74, 6) is 0.560. The molecule has 1 aliphatic heterocycles. The Bertz CT molecular complexity index is 820. The molecule has 0 aromatic heterocycles. The minimum Gasteiger partial charge on any atom is -0.444 e. The minimum absolute atomic E-state index is 0.0560. The maximum Gasteiger partial charge on any atom is 0.410 e. The molecule has 35 heavy (non-hydrogen) atoms. The lowest BCUT2D eigenvalue weighted by molar-refractivity contribution is -0.0271. The minimum atomic E-state index is -1.80. The molecular weight excluding hydrogens is 454 g/mol. The molecular formula is C29H51NO4Si. The van der Waals surface area contributed by atoms with Crippen molar-refractivity contribution in [2.24, 2.45) is 11.3 Å². The highest BCUT2D eigenvalue weighted by atomic mass is 28.4. The van der Waals surface area contributed by atoms with E-state index in [1.54, 1.807) is 5.57 Å². The Morgan fingerprint density at radius 3 is 2.46 bits per heavy atom. The van der Waals surface area contributed by atoms with Crippen LogP contribution in [0.2, 0.25) is 18.1 Å². The number of hydrogen-bond donors (Lipinski definition) is 0. The number of amides is 1. The normalized spacial score (nSPS) is 28.2. The summed E-state index contributed by atoms with van der Waals surface area (Å²) in [6.07, 6.45) is 11.1. The fourth-order valence-electron chi connectivity index (χ4n) is 5.83. The first-order chi connectivity index (χ1) is 16.2. The Morgan fingerprint density at radius 1 is 1.14 bits per heavy atom. The van der Waals surface area contributed by atoms with Gasteiger partial charge in [0.1, 0.15) is 5.60 Å². The average Bonchev–Trinajstić information content (AvgIpc) is 3.10. The van der Waals surface area contributed by atoms with Crippen LogP contribution in [-0.4, -0.2) is 57.3 Å². The second-order valence-electron chi connectivity index (χ2n) is 13.3. The third-order valence-electron chi connectivity index (χ3n) is 8.69. The Hall–Kier alpha value is -1.11. The van der Waals surface area contributed by atoms with E-state index >= 15 is 0 Å². The number of carbonyl (C=O) groups is 1. The lowest BCUT2D eigenvalue weighted by atomic mass is 9.61. The molecule has 0 radical (unpaired) electrons. The zero-order valence-corrected chi connectivity index (χ0v) is 25.0. The average molecular weight is 506 g/mol. The van der Waals surface area contributed by atoms with Crippen LogP contribution < -0.4 is 0 Å². The SMILES string of the molecule is CCO[C@H]1C=C(CO[Si](C)(C)C(C)(C)C)C[C@H]2CC=C3CCCN(C(=O)OC(C)(C)C)CCC[C@@]321. The summed E-state index contributed by atoms with van der Waals surface area (Å²) < 4.78 is 18.8. The van der Waals surface area contributed by atoms with E-state index in [0.29, 0.717) is 12.5 Å². The molecule has 3 atom stereocenters. The second kappa shape index (κ2) is 10.7. The van der Waals surface area contributed by atoms with Gasteiger partial charge in [-0.25, -0.2) is 4.79 Å². The molecule has 0 bridgehead atoms. The Morgan fingerprint density at radius 2 is 1.83 bits per heavy atom. The summed E-state index contributed by atoms with van der Waals surface area (Å²) in [4.78, 5) is 14.7. The maximum atomic E-state index is 12.8. The fraction of sp³-hybridized carbons (Fsp3) is 0.828. The largest absolute Gasteiger partial charge is 0.444 e. The van der Waals surface area contributed by atoms with Crippen molar-refractivity contribution < 1.29 is 18.7 Å². The molecule has 2 aliphatic carbocycles. The van der Waals surface area contributed by atoms with E-state index in [2.05, 4.69) is 52.9 Å². The highest BCUT2D eigenvalue weighted by Gasteiger charge is 2.52. The third-order valence-corrected chi connectivity index (χ3v) is 13.2. The van der Waals surface area contributed by atoms with Crippen molar-refractivity contribution >= 4 is 14.4 Å². The molecule has 0 N–H and O–H groups in total. The number of allylic oxidation sites excluding steroid dienone is 1. The first-order valence-electron chi connectivity index (χ1n) is 13.8. The van der Waals surface area contributed by atoms with Gasteiger partial charge >= 0.3 is 6.09 Å². The summed E-state index contributed by atoms with van der Waals surface area (Å²) in [6.45, 7) is 22.5. The molecule has 1 amide bonds. The van der Waals surface area contributed by atoms with Crippen LogP contribution in [0, 0.1) is 11.3 Å². The van der Waals surface area contributed by atoms with Crippen LogP contribution in [0.4, 0.5) is 4.79 Å². The zero-order valence-electron chi connectivity index (χ0n) is 24.0. The molecule has 0 unspecified atom stereocenters. The van der Waals surface area contributed by atoms with Gasteiger partial charge in [-0.15, -0.1) is 0 Å². The van der Waals surface area contributed by atoms with Gasteiger partial charge in [-0.2, -0.15) is 0 Å². The summed E-state index contributed by atoms with van der Waals surface area (Å²) in [7, 11) is -1.80. The van der Waals surface area contributed by atoms with Crippen molar-refractivity contribution in [2.75, 3.05) is 26.3 Å². The lowest BCUT2D eigenvalue weighted by Gasteiger charge is -2.47. The number of ether oxygens (including phenoxy) is 2. The van der Waals surface area contributed by atoms with Crippen LogP contribution in [0.1, 0.15) is 87.0 Å². The van der Waals surface area contributed by atoms with Crippen molar-refractivity contribution in [3.05, 3.63) is 23.3 Å². The van der Waals surface area contributed by atoms with E-state index in [0.717, 1.165) is 58.2 Å². The van der Waals surface area contributed by atoms with Gasteiger partial charge in [-0.3, -0.25) is 0 Å². The number of carbonyl (C=O) groups excluding carboxylic acids is 1. The molecule has 3 aliphatic rings. The van der Waals surface area contributed by atoms with Crippen molar-refractivity contribution in [2.45, 2.75) is 117 Å². The molecule has 200 valence electrons. The van der Waals surface area contributed by atoms with Gasteiger partial charge < -0.3 is 18.8 Å². The van der Waals surface area contributed by atoms with Gasteiger partial charge in [-0.05, 0) is 95.8 Å². The van der Waals surface area contributed by atoms with Gasteiger partial charge in [0, 0.05) is 25.1 Å². The molecule has 6 heteroatoms. The molecule has 0 aromatic rings. The highest BCUT2D eigenvalue weighted by Crippen LogP contribution is 2.57. The van der Waals surface area contributed by atoms with E-state index in [1.807, 2.05) is 25.7 Å². The van der Waals surface area contributed by atoms with Gasteiger partial charge in [0.2, 0.25) is 0 Å². The lowest BCUT2D eigenvalue weighted by Crippen LogP contribution is -2.46. The first kappa shape index (κ1) is 28.5. The number of nitrogens with zero attached hydrogens (tertiary/aromatic N) is 1. The number of hydrogen-bond acceptors (Lipinski definition) is 4. The van der Waals surface area contributed by atoms with Crippen LogP contribution in [0.15, 0.2) is 23.3 Å². The smallest absolute Gasteiger partial charge is 0.410 e. The van der Waals surface area contributed by atoms with E-state index in [-0.39, 0.29) is 22.7 Å². The van der Waals surface area contributed by atoms with E-state index in [4.69, 9.17) is 13.9 Å². The predicted octanol–water partition coefficient (Wildman–Crippen LogP) is 7.49. The predicted molar refractivity (Wildman–Crippen MR) is 146 cm³/mol. The Kier molecular flexibility index (Phi) is 8.70. The van der Waals surface area contributed by atoms with Crippen LogP contribution in [0.25, 0.3) is 0 Å². The molecule has 1 heterocycles. The van der Waals surface area contributed by atoms with Crippen LogP contribution in [0.3, 0.4) is 0 Å². The second-order valence-corrected chi connectivity index (χ2v) is 18.1. The Balaban J connectivity index is 1.79. The van der Waals surface area contributed by atoms with E-state index in [9.17, 15) is 4.79 Å². The quantitative estimate of drug-likeness (QED) is 0.287. The molecule has 1 spiro atoms. The van der Waals surface area contributed by atoms with E-state index < -0.39 is 13.9 Å². The van der Waals surface area contributed by atoms with Crippen molar-refractivity contribution in [3.63, 3.8) is 0 Å².